The lowest BCUT2D eigenvalue weighted by Crippen LogP contribution is -2.37. The van der Waals surface area contributed by atoms with Gasteiger partial charge in [-0.15, -0.1) is 0 Å². The smallest absolute Gasteiger partial charge is 0.320 e. The lowest BCUT2D eigenvalue weighted by Gasteiger charge is -2.21. The van der Waals surface area contributed by atoms with Crippen molar-refractivity contribution in [1.82, 2.24) is 0 Å². The molecule has 96 valence electrons. The Morgan fingerprint density at radius 3 is 1.89 bits per heavy atom. The first-order valence-corrected chi connectivity index (χ1v) is 5.64. The first kappa shape index (κ1) is 12.6. The maximum atomic E-state index is 11.9. The number of rotatable bonds is 2. The fraction of sp³-hybridized carbons (Fsp3) is 0. The van der Waals surface area contributed by atoms with Gasteiger partial charge in [0.1, 0.15) is 0 Å². The van der Waals surface area contributed by atoms with Gasteiger partial charge in [-0.2, -0.15) is 0 Å². The Bertz CT molecular complexity index is 594. The van der Waals surface area contributed by atoms with Crippen molar-refractivity contribution in [3.8, 4) is 0 Å². The van der Waals surface area contributed by atoms with Gasteiger partial charge in [0.2, 0.25) is 0 Å². The second-order valence-electron chi connectivity index (χ2n) is 3.93. The summed E-state index contributed by atoms with van der Waals surface area (Å²) >= 11 is 0. The molecule has 2 aromatic rings. The lowest BCUT2D eigenvalue weighted by molar-refractivity contribution is -0.135. The van der Waals surface area contributed by atoms with Gasteiger partial charge in [0.15, 0.2) is 0 Å². The molecule has 2 rings (SSSR count). The molecule has 0 aliphatic carbocycles. The summed E-state index contributed by atoms with van der Waals surface area (Å²) < 4.78 is 0. The lowest BCUT2D eigenvalue weighted by atomic mass is 10.2. The van der Waals surface area contributed by atoms with Crippen molar-refractivity contribution in [2.75, 3.05) is 10.6 Å². The number of nitrogen functional groups attached to an aromatic ring is 1. The zero-order valence-corrected chi connectivity index (χ0v) is 10.1. The molecule has 5 heteroatoms. The maximum absolute atomic E-state index is 11.9. The third-order valence-corrected chi connectivity index (χ3v) is 2.58. The van der Waals surface area contributed by atoms with Crippen molar-refractivity contribution in [2.45, 2.75) is 0 Å². The van der Waals surface area contributed by atoms with Gasteiger partial charge in [-0.25, -0.2) is 0 Å². The standard InChI is InChI=1S/C14H13N3O2/c15-10-6-8-12(9-7-10)17(14(19)13(16)18)11-4-2-1-3-5-11/h1-9H,15H2,(H2,16,18). The number of carbonyl (C=O) groups excluding carboxylic acids is 2. The minimum atomic E-state index is -1.01. The van der Waals surface area contributed by atoms with Crippen LogP contribution < -0.4 is 16.4 Å². The number of amides is 2. The number of hydrogen-bond donors (Lipinski definition) is 2. The molecular weight excluding hydrogens is 242 g/mol. The summed E-state index contributed by atoms with van der Waals surface area (Å²) in [7, 11) is 0. The molecule has 0 fully saturated rings. The van der Waals surface area contributed by atoms with Gasteiger partial charge in [0.25, 0.3) is 0 Å². The first-order valence-electron chi connectivity index (χ1n) is 5.64. The normalized spacial score (nSPS) is 9.89. The molecule has 0 aliphatic rings. The molecule has 0 heterocycles. The fourth-order valence-corrected chi connectivity index (χ4v) is 1.69. The van der Waals surface area contributed by atoms with Crippen LogP contribution in [0.5, 0.6) is 0 Å². The summed E-state index contributed by atoms with van der Waals surface area (Å²) in [5.74, 6) is -1.81. The number of primary amides is 1. The van der Waals surface area contributed by atoms with E-state index in [9.17, 15) is 9.59 Å². The Labute approximate surface area is 110 Å². The van der Waals surface area contributed by atoms with Gasteiger partial charge in [-0.1, -0.05) is 18.2 Å². The van der Waals surface area contributed by atoms with Crippen LogP contribution in [0.15, 0.2) is 54.6 Å². The molecule has 5 nitrogen and oxygen atoms in total. The third kappa shape index (κ3) is 2.71. The minimum absolute atomic E-state index is 0.532. The van der Waals surface area contributed by atoms with Crippen molar-refractivity contribution in [2.24, 2.45) is 5.73 Å². The van der Waals surface area contributed by atoms with Crippen molar-refractivity contribution in [3.05, 3.63) is 54.6 Å². The molecule has 0 atom stereocenters. The number of anilines is 3. The Morgan fingerprint density at radius 2 is 1.37 bits per heavy atom. The van der Waals surface area contributed by atoms with Crippen LogP contribution in [0.25, 0.3) is 0 Å². The molecule has 0 aromatic heterocycles. The molecule has 4 N–H and O–H groups in total. The number of carbonyl (C=O) groups is 2. The van der Waals surface area contributed by atoms with Crippen LogP contribution in [0.4, 0.5) is 17.1 Å². The molecule has 0 spiro atoms. The maximum Gasteiger partial charge on any atom is 0.320 e. The average molecular weight is 255 g/mol. The Balaban J connectivity index is 2.49. The van der Waals surface area contributed by atoms with Gasteiger partial charge >= 0.3 is 11.8 Å². The van der Waals surface area contributed by atoms with Crippen LogP contribution in [0.1, 0.15) is 0 Å². The number of para-hydroxylation sites is 1. The number of benzene rings is 2. The van der Waals surface area contributed by atoms with Crippen LogP contribution in [-0.4, -0.2) is 11.8 Å². The minimum Gasteiger partial charge on any atom is -0.399 e. The van der Waals surface area contributed by atoms with Gasteiger partial charge in [-0.3, -0.25) is 14.5 Å². The van der Waals surface area contributed by atoms with E-state index in [2.05, 4.69) is 0 Å². The zero-order valence-electron chi connectivity index (χ0n) is 10.1. The van der Waals surface area contributed by atoms with E-state index >= 15 is 0 Å². The summed E-state index contributed by atoms with van der Waals surface area (Å²) in [6.45, 7) is 0. The molecule has 0 bridgehead atoms. The molecule has 2 amide bonds. The van der Waals surface area contributed by atoms with E-state index < -0.39 is 11.8 Å². The van der Waals surface area contributed by atoms with E-state index in [4.69, 9.17) is 11.5 Å². The Hall–Kier alpha value is -2.82. The van der Waals surface area contributed by atoms with E-state index in [1.807, 2.05) is 6.07 Å². The largest absolute Gasteiger partial charge is 0.399 e. The van der Waals surface area contributed by atoms with E-state index in [1.54, 1.807) is 48.5 Å². The Kier molecular flexibility index (Phi) is 3.47. The van der Waals surface area contributed by atoms with E-state index in [-0.39, 0.29) is 0 Å². The number of nitrogens with zero attached hydrogens (tertiary/aromatic N) is 1. The highest BCUT2D eigenvalue weighted by Crippen LogP contribution is 2.25. The highest BCUT2D eigenvalue weighted by Gasteiger charge is 2.22. The molecular formula is C14H13N3O2. The first-order chi connectivity index (χ1) is 9.09. The summed E-state index contributed by atoms with van der Waals surface area (Å²) in [6, 6.07) is 15.4. The van der Waals surface area contributed by atoms with Crippen molar-refractivity contribution in [3.63, 3.8) is 0 Å². The molecule has 0 saturated heterocycles. The van der Waals surface area contributed by atoms with E-state index in [0.29, 0.717) is 17.1 Å². The topological polar surface area (TPSA) is 89.4 Å². The van der Waals surface area contributed by atoms with Gasteiger partial charge in [0, 0.05) is 17.1 Å². The SMILES string of the molecule is NC(=O)C(=O)N(c1ccccc1)c1ccc(N)cc1. The van der Waals surface area contributed by atoms with Crippen LogP contribution in [0, 0.1) is 0 Å². The second kappa shape index (κ2) is 5.22. The van der Waals surface area contributed by atoms with Crippen molar-refractivity contribution < 1.29 is 9.59 Å². The van der Waals surface area contributed by atoms with Crippen LogP contribution in [-0.2, 0) is 9.59 Å². The predicted molar refractivity (Wildman–Crippen MR) is 73.6 cm³/mol. The molecule has 19 heavy (non-hydrogen) atoms. The van der Waals surface area contributed by atoms with Crippen LogP contribution >= 0.6 is 0 Å². The highest BCUT2D eigenvalue weighted by atomic mass is 16.2. The van der Waals surface area contributed by atoms with Gasteiger partial charge in [0.05, 0.1) is 0 Å². The number of nitrogens with two attached hydrogens (primary N) is 2. The quantitative estimate of drug-likeness (QED) is 0.628. The Morgan fingerprint density at radius 1 is 0.842 bits per heavy atom. The van der Waals surface area contributed by atoms with E-state index in [1.165, 1.54) is 4.90 Å². The monoisotopic (exact) mass is 255 g/mol. The highest BCUT2D eigenvalue weighted by molar-refractivity contribution is 6.41. The summed E-state index contributed by atoms with van der Waals surface area (Å²) in [4.78, 5) is 24.4. The van der Waals surface area contributed by atoms with E-state index in [0.717, 1.165) is 0 Å². The van der Waals surface area contributed by atoms with Crippen LogP contribution in [0.3, 0.4) is 0 Å². The fourth-order valence-electron chi connectivity index (χ4n) is 1.69. The number of hydrogen-bond acceptors (Lipinski definition) is 3. The van der Waals surface area contributed by atoms with Crippen LogP contribution in [0.2, 0.25) is 0 Å². The summed E-state index contributed by atoms with van der Waals surface area (Å²) in [5, 5.41) is 0. The van der Waals surface area contributed by atoms with Gasteiger partial charge in [-0.05, 0) is 36.4 Å². The third-order valence-electron chi connectivity index (χ3n) is 2.58. The zero-order chi connectivity index (χ0) is 13.8. The summed E-state index contributed by atoms with van der Waals surface area (Å²) in [6.07, 6.45) is 0. The van der Waals surface area contributed by atoms with Gasteiger partial charge < -0.3 is 11.5 Å². The molecule has 0 aliphatic heterocycles. The molecule has 2 aromatic carbocycles. The molecule has 0 radical (unpaired) electrons. The molecule has 0 unspecified atom stereocenters. The predicted octanol–water partition coefficient (Wildman–Crippen LogP) is 1.42. The van der Waals surface area contributed by atoms with Crippen molar-refractivity contribution in [1.29, 1.82) is 0 Å². The molecule has 0 saturated carbocycles. The second-order valence-corrected chi connectivity index (χ2v) is 3.93. The summed E-state index contributed by atoms with van der Waals surface area (Å²) in [5.41, 5.74) is 12.4. The van der Waals surface area contributed by atoms with Crippen molar-refractivity contribution >= 4 is 28.9 Å². The average Bonchev–Trinajstić information content (AvgIpc) is 2.42.